The van der Waals surface area contributed by atoms with Gasteiger partial charge in [-0.15, -0.1) is 0 Å². The Balaban J connectivity index is 1.09. The third-order valence-electron chi connectivity index (χ3n) is 8.32. The molecule has 9 heteroatoms. The van der Waals surface area contributed by atoms with Gasteiger partial charge in [-0.3, -0.25) is 9.69 Å². The zero-order valence-electron chi connectivity index (χ0n) is 23.8. The van der Waals surface area contributed by atoms with Crippen molar-refractivity contribution in [3.8, 4) is 17.1 Å². The van der Waals surface area contributed by atoms with E-state index in [-0.39, 0.29) is 24.2 Å². The van der Waals surface area contributed by atoms with Crippen molar-refractivity contribution in [2.75, 3.05) is 45.8 Å². The van der Waals surface area contributed by atoms with Crippen molar-refractivity contribution in [3.05, 3.63) is 95.9 Å². The first-order chi connectivity index (χ1) is 20.0. The van der Waals surface area contributed by atoms with Crippen molar-refractivity contribution in [2.24, 2.45) is 0 Å². The molecule has 0 spiro atoms. The summed E-state index contributed by atoms with van der Waals surface area (Å²) in [6.07, 6.45) is 3.65. The van der Waals surface area contributed by atoms with Crippen LogP contribution in [0.25, 0.3) is 17.1 Å². The van der Waals surface area contributed by atoms with E-state index in [0.717, 1.165) is 49.7 Å². The summed E-state index contributed by atoms with van der Waals surface area (Å²) in [6, 6.07) is 22.7. The van der Waals surface area contributed by atoms with E-state index in [4.69, 9.17) is 4.42 Å². The van der Waals surface area contributed by atoms with Gasteiger partial charge in [0.1, 0.15) is 5.69 Å². The quantitative estimate of drug-likeness (QED) is 0.309. The smallest absolute Gasteiger partial charge is 0.237 e. The average molecular weight is 554 g/mol. The van der Waals surface area contributed by atoms with Crippen LogP contribution in [0, 0.1) is 6.92 Å². The lowest BCUT2D eigenvalue weighted by molar-refractivity contribution is -0.143. The molecule has 4 heterocycles. The number of nitrogens with zero attached hydrogens (tertiary/aromatic N) is 4. The van der Waals surface area contributed by atoms with Gasteiger partial charge in [-0.1, -0.05) is 48.0 Å². The molecule has 1 amide bonds. The van der Waals surface area contributed by atoms with Gasteiger partial charge >= 0.3 is 0 Å². The molecule has 2 aliphatic heterocycles. The molecule has 2 fully saturated rings. The number of piperazine rings is 2. The number of rotatable bonds is 8. The Bertz CT molecular complexity index is 1450. The van der Waals surface area contributed by atoms with Crippen molar-refractivity contribution in [1.82, 2.24) is 35.5 Å². The predicted molar refractivity (Wildman–Crippen MR) is 159 cm³/mol. The third-order valence-corrected chi connectivity index (χ3v) is 8.32. The largest absolute Gasteiger partial charge is 0.462 e. The summed E-state index contributed by atoms with van der Waals surface area (Å²) in [4.78, 5) is 18.1. The van der Waals surface area contributed by atoms with E-state index in [9.17, 15) is 4.79 Å². The number of nitrogens with one attached hydrogen (secondary N) is 3. The highest BCUT2D eigenvalue weighted by Gasteiger charge is 2.43. The van der Waals surface area contributed by atoms with Gasteiger partial charge in [0.25, 0.3) is 0 Å². The third kappa shape index (κ3) is 5.85. The number of carbonyl (C=O) groups excluding carboxylic acids is 1. The number of amides is 1. The predicted octanol–water partition coefficient (Wildman–Crippen LogP) is 3.11. The first kappa shape index (κ1) is 27.4. The van der Waals surface area contributed by atoms with Gasteiger partial charge < -0.3 is 25.3 Å². The molecule has 2 saturated heterocycles. The fourth-order valence-electron chi connectivity index (χ4n) is 6.00. The van der Waals surface area contributed by atoms with Gasteiger partial charge in [0.15, 0.2) is 5.76 Å². The highest BCUT2D eigenvalue weighted by molar-refractivity contribution is 5.78. The van der Waals surface area contributed by atoms with Crippen LogP contribution in [-0.4, -0.2) is 77.5 Å². The molecule has 41 heavy (non-hydrogen) atoms. The fourth-order valence-corrected chi connectivity index (χ4v) is 6.00. The number of aryl methyl sites for hydroxylation is 1. The number of para-hydroxylation sites is 1. The maximum atomic E-state index is 13.6. The van der Waals surface area contributed by atoms with Gasteiger partial charge in [0, 0.05) is 57.6 Å². The van der Waals surface area contributed by atoms with Crippen molar-refractivity contribution < 1.29 is 9.21 Å². The minimum absolute atomic E-state index is 0.00768. The average Bonchev–Trinajstić information content (AvgIpc) is 3.69. The second-order valence-electron chi connectivity index (χ2n) is 11.2. The van der Waals surface area contributed by atoms with Crippen LogP contribution in [0.3, 0.4) is 0 Å². The molecule has 3 N–H and O–H groups in total. The van der Waals surface area contributed by atoms with E-state index >= 15 is 0 Å². The number of benzene rings is 2. The summed E-state index contributed by atoms with van der Waals surface area (Å²) in [5.41, 5.74) is 5.07. The van der Waals surface area contributed by atoms with Gasteiger partial charge in [-0.25, -0.2) is 4.68 Å². The molecule has 2 atom stereocenters. The number of furan rings is 1. The number of carbonyl (C=O) groups is 1. The first-order valence-electron chi connectivity index (χ1n) is 14.5. The zero-order chi connectivity index (χ0) is 28.2. The molecule has 2 aliphatic rings. The van der Waals surface area contributed by atoms with Crippen LogP contribution < -0.4 is 16.0 Å². The molecular weight excluding hydrogens is 514 g/mol. The van der Waals surface area contributed by atoms with Crippen molar-refractivity contribution in [3.63, 3.8) is 0 Å². The number of aromatic nitrogens is 2. The van der Waals surface area contributed by atoms with Crippen molar-refractivity contribution >= 4 is 5.91 Å². The maximum Gasteiger partial charge on any atom is 0.237 e. The fraction of sp³-hybridized carbons (Fsp3) is 0.375. The number of hydrogen-bond donors (Lipinski definition) is 3. The van der Waals surface area contributed by atoms with Gasteiger partial charge in [-0.2, -0.15) is 5.10 Å². The van der Waals surface area contributed by atoms with Crippen LogP contribution in [0.1, 0.15) is 23.6 Å². The van der Waals surface area contributed by atoms with Gasteiger partial charge in [0.05, 0.1) is 30.2 Å². The van der Waals surface area contributed by atoms with E-state index in [0.29, 0.717) is 18.8 Å². The summed E-state index contributed by atoms with van der Waals surface area (Å²) in [7, 11) is 0. The Morgan fingerprint density at radius 3 is 2.71 bits per heavy atom. The molecule has 2 unspecified atom stereocenters. The molecule has 0 saturated carbocycles. The summed E-state index contributed by atoms with van der Waals surface area (Å²) < 4.78 is 7.64. The van der Waals surface area contributed by atoms with Crippen LogP contribution >= 0.6 is 0 Å². The second-order valence-corrected chi connectivity index (χ2v) is 11.2. The minimum Gasteiger partial charge on any atom is -0.462 e. The Morgan fingerprint density at radius 2 is 1.88 bits per heavy atom. The summed E-state index contributed by atoms with van der Waals surface area (Å²) in [5.74, 6) is 0.825. The van der Waals surface area contributed by atoms with Crippen molar-refractivity contribution in [2.45, 2.75) is 32.1 Å². The molecule has 4 aromatic rings. The lowest BCUT2D eigenvalue weighted by Crippen LogP contribution is -2.69. The van der Waals surface area contributed by atoms with Crippen LogP contribution in [0.2, 0.25) is 0 Å². The monoisotopic (exact) mass is 553 g/mol. The van der Waals surface area contributed by atoms with Gasteiger partial charge in [0.2, 0.25) is 5.91 Å². The van der Waals surface area contributed by atoms with Gasteiger partial charge in [-0.05, 0) is 43.7 Å². The molecule has 0 bridgehead atoms. The Morgan fingerprint density at radius 1 is 1.07 bits per heavy atom. The summed E-state index contributed by atoms with van der Waals surface area (Å²) in [5, 5.41) is 15.1. The van der Waals surface area contributed by atoms with E-state index in [1.165, 1.54) is 11.1 Å². The molecule has 6 rings (SSSR count). The van der Waals surface area contributed by atoms with Crippen LogP contribution in [0.5, 0.6) is 0 Å². The number of hydrogen-bond acceptors (Lipinski definition) is 7. The topological polar surface area (TPSA) is 90.6 Å². The molecule has 2 aromatic carbocycles. The highest BCUT2D eigenvalue weighted by Crippen LogP contribution is 2.33. The molecular formula is C32H39N7O2. The summed E-state index contributed by atoms with van der Waals surface area (Å²) >= 11 is 0. The molecule has 9 nitrogen and oxygen atoms in total. The summed E-state index contributed by atoms with van der Waals surface area (Å²) in [6.45, 7) is 10.1. The Kier molecular flexibility index (Phi) is 8.02. The SMILES string of the molecule is Cc1ccc(C2(C)CNCCN2C2CNCCN2C(=O)CNCc2coc(-c3ccn(-c4ccccc4)n3)c2)cc1. The first-order valence-corrected chi connectivity index (χ1v) is 14.5. The minimum atomic E-state index is -0.206. The Labute approximate surface area is 241 Å². The lowest BCUT2D eigenvalue weighted by atomic mass is 9.87. The molecule has 214 valence electrons. The molecule has 0 aliphatic carbocycles. The normalized spacial score (nSPS) is 21.7. The Hall–Kier alpha value is -3.76. The van der Waals surface area contributed by atoms with Crippen LogP contribution in [0.15, 0.2) is 83.6 Å². The van der Waals surface area contributed by atoms with E-state index in [2.05, 4.69) is 69.0 Å². The van der Waals surface area contributed by atoms with E-state index in [1.807, 2.05) is 53.3 Å². The lowest BCUT2D eigenvalue weighted by Gasteiger charge is -2.53. The maximum absolute atomic E-state index is 13.6. The van der Waals surface area contributed by atoms with E-state index < -0.39 is 0 Å². The van der Waals surface area contributed by atoms with Crippen LogP contribution in [0.4, 0.5) is 0 Å². The van der Waals surface area contributed by atoms with Crippen LogP contribution in [-0.2, 0) is 16.9 Å². The standard InChI is InChI=1S/C32H39N7O2/c1-24-8-10-26(11-9-24)32(2)23-34-14-17-38(32)30-20-33-13-16-37(30)31(40)21-35-19-25-18-29(41-22-25)28-12-15-39(36-28)27-6-4-3-5-7-27/h3-12,15,18,22,30,33-35H,13-14,16-17,19-21,23H2,1-2H3. The highest BCUT2D eigenvalue weighted by atomic mass is 16.3. The molecule has 0 radical (unpaired) electrons. The van der Waals surface area contributed by atoms with E-state index in [1.54, 1.807) is 6.26 Å². The van der Waals surface area contributed by atoms with Crippen molar-refractivity contribution in [1.29, 1.82) is 0 Å². The second kappa shape index (κ2) is 12.0. The molecule has 2 aromatic heterocycles. The zero-order valence-corrected chi connectivity index (χ0v) is 23.8.